The summed E-state index contributed by atoms with van der Waals surface area (Å²) in [7, 11) is 0. The lowest BCUT2D eigenvalue weighted by atomic mass is 10.2. The molecule has 1 aromatic carbocycles. The summed E-state index contributed by atoms with van der Waals surface area (Å²) in [6, 6.07) is 9.32. The van der Waals surface area contributed by atoms with Crippen molar-refractivity contribution >= 4 is 29.3 Å². The Morgan fingerprint density at radius 1 is 1.09 bits per heavy atom. The SMILES string of the molecule is Cc1nc2nc(C)c3c(=O)n(-c4ccccc4S)ccc3n2n1. The fourth-order valence-electron chi connectivity index (χ4n) is 2.74. The fourth-order valence-corrected chi connectivity index (χ4v) is 3.01. The third kappa shape index (κ3) is 2.04. The fraction of sp³-hybridized carbons (Fsp3) is 0.125. The molecule has 0 amide bonds. The maximum absolute atomic E-state index is 13.0. The Morgan fingerprint density at radius 3 is 2.65 bits per heavy atom. The Kier molecular flexibility index (Phi) is 2.99. The van der Waals surface area contributed by atoms with Crippen LogP contribution in [0.5, 0.6) is 0 Å². The lowest BCUT2D eigenvalue weighted by Gasteiger charge is -2.10. The number of aryl methyl sites for hydroxylation is 2. The molecule has 0 unspecified atom stereocenters. The minimum atomic E-state index is -0.149. The average molecular weight is 323 g/mol. The van der Waals surface area contributed by atoms with Gasteiger partial charge in [-0.25, -0.2) is 4.98 Å². The normalized spacial score (nSPS) is 11.4. The first-order valence-corrected chi connectivity index (χ1v) is 7.54. The maximum Gasteiger partial charge on any atom is 0.266 e. The van der Waals surface area contributed by atoms with Gasteiger partial charge >= 0.3 is 0 Å². The van der Waals surface area contributed by atoms with Crippen molar-refractivity contribution in [3.8, 4) is 5.69 Å². The molecular weight excluding hydrogens is 310 g/mol. The summed E-state index contributed by atoms with van der Waals surface area (Å²) in [6.45, 7) is 3.61. The molecule has 0 aliphatic carbocycles. The third-order valence-electron chi connectivity index (χ3n) is 3.77. The first-order valence-electron chi connectivity index (χ1n) is 7.10. The highest BCUT2D eigenvalue weighted by atomic mass is 32.1. The van der Waals surface area contributed by atoms with E-state index >= 15 is 0 Å². The molecule has 0 spiro atoms. The van der Waals surface area contributed by atoms with Gasteiger partial charge in [0, 0.05) is 11.1 Å². The molecule has 0 saturated carbocycles. The minimum Gasteiger partial charge on any atom is -0.282 e. The maximum atomic E-state index is 13.0. The molecule has 3 aromatic heterocycles. The van der Waals surface area contributed by atoms with Crippen LogP contribution >= 0.6 is 12.6 Å². The van der Waals surface area contributed by atoms with Gasteiger partial charge in [-0.2, -0.15) is 9.50 Å². The average Bonchev–Trinajstić information content (AvgIpc) is 2.88. The molecule has 0 bridgehead atoms. The van der Waals surface area contributed by atoms with Crippen LogP contribution in [0.3, 0.4) is 0 Å². The van der Waals surface area contributed by atoms with E-state index in [2.05, 4.69) is 27.7 Å². The number of hydrogen-bond acceptors (Lipinski definition) is 5. The summed E-state index contributed by atoms with van der Waals surface area (Å²) < 4.78 is 3.19. The second-order valence-corrected chi connectivity index (χ2v) is 5.79. The first kappa shape index (κ1) is 14.0. The largest absolute Gasteiger partial charge is 0.282 e. The van der Waals surface area contributed by atoms with Gasteiger partial charge in [0.15, 0.2) is 0 Å². The van der Waals surface area contributed by atoms with Crippen molar-refractivity contribution in [2.45, 2.75) is 18.7 Å². The molecule has 3 heterocycles. The van der Waals surface area contributed by atoms with E-state index in [-0.39, 0.29) is 5.56 Å². The summed E-state index contributed by atoms with van der Waals surface area (Å²) in [5.41, 5.74) is 1.92. The molecule has 0 saturated heterocycles. The minimum absolute atomic E-state index is 0.149. The van der Waals surface area contributed by atoms with Gasteiger partial charge in [-0.15, -0.1) is 17.7 Å². The number of aromatic nitrogens is 5. The van der Waals surface area contributed by atoms with Crippen molar-refractivity contribution < 1.29 is 0 Å². The van der Waals surface area contributed by atoms with Crippen LogP contribution in [0.2, 0.25) is 0 Å². The summed E-state index contributed by atoms with van der Waals surface area (Å²) in [6.07, 6.45) is 1.73. The van der Waals surface area contributed by atoms with E-state index in [9.17, 15) is 4.79 Å². The Hall–Kier alpha value is -2.67. The molecule has 4 rings (SSSR count). The number of pyridine rings is 1. The third-order valence-corrected chi connectivity index (χ3v) is 4.14. The predicted molar refractivity (Wildman–Crippen MR) is 90.6 cm³/mol. The van der Waals surface area contributed by atoms with Crippen LogP contribution in [0, 0.1) is 13.8 Å². The highest BCUT2D eigenvalue weighted by Crippen LogP contribution is 2.19. The van der Waals surface area contributed by atoms with E-state index in [0.717, 1.165) is 10.6 Å². The van der Waals surface area contributed by atoms with E-state index in [4.69, 9.17) is 0 Å². The van der Waals surface area contributed by atoms with E-state index in [1.54, 1.807) is 22.2 Å². The van der Waals surface area contributed by atoms with Crippen LogP contribution in [0.25, 0.3) is 22.4 Å². The first-order chi connectivity index (χ1) is 11.1. The number of rotatable bonds is 1. The number of hydrogen-bond donors (Lipinski definition) is 1. The van der Waals surface area contributed by atoms with Crippen molar-refractivity contribution in [1.29, 1.82) is 0 Å². The Morgan fingerprint density at radius 2 is 1.87 bits per heavy atom. The molecule has 0 atom stereocenters. The van der Waals surface area contributed by atoms with Crippen molar-refractivity contribution in [1.82, 2.24) is 24.1 Å². The number of nitrogens with zero attached hydrogens (tertiary/aromatic N) is 5. The lowest BCUT2D eigenvalue weighted by Crippen LogP contribution is -2.20. The molecule has 0 radical (unpaired) electrons. The van der Waals surface area contributed by atoms with Crippen LogP contribution < -0.4 is 5.56 Å². The van der Waals surface area contributed by atoms with Crippen LogP contribution in [0.1, 0.15) is 11.5 Å². The summed E-state index contributed by atoms with van der Waals surface area (Å²) in [4.78, 5) is 22.4. The second-order valence-electron chi connectivity index (χ2n) is 5.31. The van der Waals surface area contributed by atoms with Gasteiger partial charge in [-0.3, -0.25) is 9.36 Å². The van der Waals surface area contributed by atoms with Gasteiger partial charge in [-0.1, -0.05) is 12.1 Å². The molecule has 0 aliphatic heterocycles. The van der Waals surface area contributed by atoms with E-state index in [0.29, 0.717) is 28.2 Å². The monoisotopic (exact) mass is 323 g/mol. The molecule has 114 valence electrons. The summed E-state index contributed by atoms with van der Waals surface area (Å²) in [5.74, 6) is 1.12. The van der Waals surface area contributed by atoms with E-state index in [1.807, 2.05) is 37.3 Å². The second kappa shape index (κ2) is 4.92. The van der Waals surface area contributed by atoms with Crippen molar-refractivity contribution in [2.24, 2.45) is 0 Å². The van der Waals surface area contributed by atoms with Crippen LogP contribution in [-0.2, 0) is 0 Å². The standard InChI is InChI=1S/C16H13N5OS/c1-9-14-12(21-16(17-9)18-10(2)19-21)7-8-20(15(14)22)11-5-3-4-6-13(11)23/h3-8,23H,1-2H3. The Balaban J connectivity index is 2.14. The van der Waals surface area contributed by atoms with Gasteiger partial charge in [0.2, 0.25) is 0 Å². The van der Waals surface area contributed by atoms with Gasteiger partial charge < -0.3 is 0 Å². The van der Waals surface area contributed by atoms with Crippen LogP contribution in [0.4, 0.5) is 0 Å². The van der Waals surface area contributed by atoms with E-state index in [1.165, 1.54) is 0 Å². The van der Waals surface area contributed by atoms with Crippen LogP contribution in [-0.4, -0.2) is 24.1 Å². The molecule has 0 N–H and O–H groups in total. The molecule has 7 heteroatoms. The van der Waals surface area contributed by atoms with Crippen molar-refractivity contribution in [2.75, 3.05) is 0 Å². The molecule has 0 aliphatic rings. The molecule has 4 aromatic rings. The Labute approximate surface area is 136 Å². The van der Waals surface area contributed by atoms with Gasteiger partial charge in [0.25, 0.3) is 11.3 Å². The molecule has 23 heavy (non-hydrogen) atoms. The number of thiol groups is 1. The number of benzene rings is 1. The molecule has 0 fully saturated rings. The van der Waals surface area contributed by atoms with Crippen molar-refractivity contribution in [3.05, 3.63) is 58.4 Å². The Bertz CT molecular complexity index is 1130. The quantitative estimate of drug-likeness (QED) is 0.546. The number of fused-ring (bicyclic) bond motifs is 3. The van der Waals surface area contributed by atoms with Crippen LogP contribution in [0.15, 0.2) is 46.2 Å². The lowest BCUT2D eigenvalue weighted by molar-refractivity contribution is 0.927. The number of para-hydroxylation sites is 1. The smallest absolute Gasteiger partial charge is 0.266 e. The predicted octanol–water partition coefficient (Wildman–Crippen LogP) is 2.33. The zero-order chi connectivity index (χ0) is 16.1. The van der Waals surface area contributed by atoms with Gasteiger partial charge in [-0.05, 0) is 32.0 Å². The van der Waals surface area contributed by atoms with Gasteiger partial charge in [0.1, 0.15) is 5.82 Å². The summed E-state index contributed by atoms with van der Waals surface area (Å²) >= 11 is 4.44. The highest BCUT2D eigenvalue weighted by molar-refractivity contribution is 7.80. The summed E-state index contributed by atoms with van der Waals surface area (Å²) in [5, 5.41) is 4.85. The van der Waals surface area contributed by atoms with E-state index < -0.39 is 0 Å². The zero-order valence-corrected chi connectivity index (χ0v) is 13.5. The zero-order valence-electron chi connectivity index (χ0n) is 12.6. The van der Waals surface area contributed by atoms with Crippen molar-refractivity contribution in [3.63, 3.8) is 0 Å². The highest BCUT2D eigenvalue weighted by Gasteiger charge is 2.14. The topological polar surface area (TPSA) is 65.1 Å². The molecular formula is C16H13N5OS. The molecule has 6 nitrogen and oxygen atoms in total. The van der Waals surface area contributed by atoms with Gasteiger partial charge in [0.05, 0.1) is 22.3 Å².